The minimum Gasteiger partial charge on any atom is -0.392 e. The van der Waals surface area contributed by atoms with E-state index in [1.165, 1.54) is 5.56 Å². The van der Waals surface area contributed by atoms with Crippen molar-refractivity contribution in [2.75, 3.05) is 33.2 Å². The van der Waals surface area contributed by atoms with E-state index in [0.717, 1.165) is 39.0 Å². The number of aliphatic hydroxyl groups excluding tert-OH is 1. The van der Waals surface area contributed by atoms with E-state index in [2.05, 4.69) is 47.5 Å². The number of hydrogen-bond donors (Lipinski definition) is 2. The van der Waals surface area contributed by atoms with Crippen LogP contribution in [0.1, 0.15) is 25.3 Å². The number of benzene rings is 1. The number of hydrogen-bond acceptors (Lipinski definition) is 3. The second-order valence-electron chi connectivity index (χ2n) is 5.99. The van der Waals surface area contributed by atoms with E-state index < -0.39 is 0 Å². The summed E-state index contributed by atoms with van der Waals surface area (Å²) < 4.78 is 0. The second-order valence-corrected chi connectivity index (χ2v) is 5.99. The Morgan fingerprint density at radius 2 is 2.11 bits per heavy atom. The van der Waals surface area contributed by atoms with Crippen LogP contribution in [-0.2, 0) is 5.41 Å². The predicted octanol–water partition coefficient (Wildman–Crippen LogP) is 1.62. The van der Waals surface area contributed by atoms with Crippen LogP contribution in [0.25, 0.3) is 0 Å². The molecule has 0 bridgehead atoms. The molecule has 0 saturated carbocycles. The Hall–Kier alpha value is -0.900. The van der Waals surface area contributed by atoms with Crippen molar-refractivity contribution < 1.29 is 5.11 Å². The minimum atomic E-state index is -0.150. The number of aliphatic hydroxyl groups is 1. The second kappa shape index (κ2) is 6.51. The molecule has 2 atom stereocenters. The lowest BCUT2D eigenvalue weighted by atomic mass is 9.81. The number of nitrogens with one attached hydrogen (secondary N) is 1. The molecule has 3 nitrogen and oxygen atoms in total. The molecule has 1 aromatic carbocycles. The largest absolute Gasteiger partial charge is 0.392 e. The Morgan fingerprint density at radius 1 is 1.37 bits per heavy atom. The third kappa shape index (κ3) is 3.78. The zero-order chi connectivity index (χ0) is 13.7. The third-order valence-corrected chi connectivity index (χ3v) is 4.09. The van der Waals surface area contributed by atoms with Crippen LogP contribution in [-0.4, -0.2) is 49.3 Å². The van der Waals surface area contributed by atoms with Gasteiger partial charge in [0.05, 0.1) is 6.10 Å². The molecule has 0 aliphatic carbocycles. The van der Waals surface area contributed by atoms with Crippen molar-refractivity contribution >= 4 is 0 Å². The Morgan fingerprint density at radius 3 is 2.74 bits per heavy atom. The fourth-order valence-electron chi connectivity index (χ4n) is 3.15. The molecule has 2 rings (SSSR count). The van der Waals surface area contributed by atoms with Crippen molar-refractivity contribution in [3.05, 3.63) is 35.9 Å². The molecule has 0 radical (unpaired) electrons. The van der Waals surface area contributed by atoms with Gasteiger partial charge >= 0.3 is 0 Å². The SMILES string of the molecule is CNCC(C)(CN1CCCC(O)C1)c1ccccc1. The summed E-state index contributed by atoms with van der Waals surface area (Å²) in [6.45, 7) is 6.16. The Balaban J connectivity index is 2.10. The average molecular weight is 262 g/mol. The molecule has 1 heterocycles. The van der Waals surface area contributed by atoms with Gasteiger partial charge in [0.1, 0.15) is 0 Å². The summed E-state index contributed by atoms with van der Waals surface area (Å²) in [6, 6.07) is 10.7. The van der Waals surface area contributed by atoms with Gasteiger partial charge in [0, 0.05) is 25.0 Å². The van der Waals surface area contributed by atoms with Crippen molar-refractivity contribution in [3.63, 3.8) is 0 Å². The maximum absolute atomic E-state index is 9.82. The quantitative estimate of drug-likeness (QED) is 0.846. The topological polar surface area (TPSA) is 35.5 Å². The monoisotopic (exact) mass is 262 g/mol. The molecule has 1 aliphatic heterocycles. The number of piperidine rings is 1. The van der Waals surface area contributed by atoms with Crippen molar-refractivity contribution in [2.45, 2.75) is 31.3 Å². The third-order valence-electron chi connectivity index (χ3n) is 4.09. The van der Waals surface area contributed by atoms with Gasteiger partial charge in [-0.25, -0.2) is 0 Å². The molecule has 1 aliphatic rings. The van der Waals surface area contributed by atoms with Gasteiger partial charge in [0.2, 0.25) is 0 Å². The summed E-state index contributed by atoms with van der Waals surface area (Å²) in [4.78, 5) is 2.40. The standard InChI is InChI=1S/C16H26N2O/c1-16(12-17-2,14-7-4-3-5-8-14)13-18-10-6-9-15(19)11-18/h3-5,7-8,15,17,19H,6,9-13H2,1-2H3. The van der Waals surface area contributed by atoms with Gasteiger partial charge in [-0.2, -0.15) is 0 Å². The normalized spacial score (nSPS) is 24.1. The highest BCUT2D eigenvalue weighted by atomic mass is 16.3. The predicted molar refractivity (Wildman–Crippen MR) is 79.4 cm³/mol. The number of rotatable bonds is 5. The van der Waals surface area contributed by atoms with E-state index in [-0.39, 0.29) is 11.5 Å². The zero-order valence-corrected chi connectivity index (χ0v) is 12.1. The van der Waals surface area contributed by atoms with Gasteiger partial charge in [-0.05, 0) is 32.0 Å². The van der Waals surface area contributed by atoms with Gasteiger partial charge in [0.15, 0.2) is 0 Å². The summed E-state index contributed by atoms with van der Waals surface area (Å²) in [7, 11) is 2.01. The maximum atomic E-state index is 9.82. The molecule has 0 amide bonds. The van der Waals surface area contributed by atoms with E-state index in [1.54, 1.807) is 0 Å². The van der Waals surface area contributed by atoms with Crippen LogP contribution >= 0.6 is 0 Å². The highest BCUT2D eigenvalue weighted by molar-refractivity contribution is 5.25. The van der Waals surface area contributed by atoms with Gasteiger partial charge < -0.3 is 10.4 Å². The van der Waals surface area contributed by atoms with Gasteiger partial charge in [0.25, 0.3) is 0 Å². The molecule has 1 aromatic rings. The number of likely N-dealkylation sites (N-methyl/N-ethyl adjacent to an activating group) is 1. The molecule has 2 N–H and O–H groups in total. The Bertz CT molecular complexity index is 382. The lowest BCUT2D eigenvalue weighted by Crippen LogP contribution is -2.48. The molecular weight excluding hydrogens is 236 g/mol. The first-order chi connectivity index (χ1) is 9.14. The van der Waals surface area contributed by atoms with Crippen LogP contribution in [0.3, 0.4) is 0 Å². The highest BCUT2D eigenvalue weighted by Crippen LogP contribution is 2.25. The van der Waals surface area contributed by atoms with Gasteiger partial charge in [-0.15, -0.1) is 0 Å². The maximum Gasteiger partial charge on any atom is 0.0667 e. The first-order valence-electron chi connectivity index (χ1n) is 7.24. The average Bonchev–Trinajstić information content (AvgIpc) is 2.40. The summed E-state index contributed by atoms with van der Waals surface area (Å²) in [5.74, 6) is 0. The summed E-state index contributed by atoms with van der Waals surface area (Å²) in [6.07, 6.45) is 1.90. The molecule has 1 fully saturated rings. The van der Waals surface area contributed by atoms with Crippen molar-refractivity contribution in [3.8, 4) is 0 Å². The van der Waals surface area contributed by atoms with Crippen LogP contribution in [0.4, 0.5) is 0 Å². The van der Waals surface area contributed by atoms with E-state index >= 15 is 0 Å². The lowest BCUT2D eigenvalue weighted by Gasteiger charge is -2.39. The Labute approximate surface area is 116 Å². The van der Waals surface area contributed by atoms with Crippen molar-refractivity contribution in [2.24, 2.45) is 0 Å². The molecule has 1 saturated heterocycles. The molecule has 2 unspecified atom stereocenters. The number of β-amino-alcohol motifs (C(OH)–C–C–N with tert-alkyl or cyclic N) is 1. The number of likely N-dealkylation sites (tertiary alicyclic amines) is 1. The molecule has 0 aromatic heterocycles. The molecule has 0 spiro atoms. The first-order valence-corrected chi connectivity index (χ1v) is 7.24. The molecule has 106 valence electrons. The van der Waals surface area contributed by atoms with E-state index in [0.29, 0.717) is 0 Å². The van der Waals surface area contributed by atoms with Crippen molar-refractivity contribution in [1.82, 2.24) is 10.2 Å². The minimum absolute atomic E-state index is 0.0903. The number of nitrogens with zero attached hydrogens (tertiary/aromatic N) is 1. The smallest absolute Gasteiger partial charge is 0.0667 e. The van der Waals surface area contributed by atoms with E-state index in [9.17, 15) is 5.11 Å². The fraction of sp³-hybridized carbons (Fsp3) is 0.625. The van der Waals surface area contributed by atoms with Gasteiger partial charge in [-0.1, -0.05) is 37.3 Å². The van der Waals surface area contributed by atoms with E-state index in [1.807, 2.05) is 7.05 Å². The van der Waals surface area contributed by atoms with Crippen LogP contribution in [0.2, 0.25) is 0 Å². The summed E-state index contributed by atoms with van der Waals surface area (Å²) >= 11 is 0. The van der Waals surface area contributed by atoms with Crippen LogP contribution in [0.5, 0.6) is 0 Å². The zero-order valence-electron chi connectivity index (χ0n) is 12.1. The van der Waals surface area contributed by atoms with Crippen molar-refractivity contribution in [1.29, 1.82) is 0 Å². The Kier molecular flexibility index (Phi) is 4.97. The van der Waals surface area contributed by atoms with E-state index in [4.69, 9.17) is 0 Å². The van der Waals surface area contributed by atoms with Gasteiger partial charge in [-0.3, -0.25) is 4.90 Å². The van der Waals surface area contributed by atoms with Crippen LogP contribution in [0.15, 0.2) is 30.3 Å². The summed E-state index contributed by atoms with van der Waals surface area (Å²) in [5, 5.41) is 13.1. The molecule has 3 heteroatoms. The van der Waals surface area contributed by atoms with Crippen LogP contribution < -0.4 is 5.32 Å². The molecular formula is C16H26N2O. The highest BCUT2D eigenvalue weighted by Gasteiger charge is 2.30. The molecule has 19 heavy (non-hydrogen) atoms. The summed E-state index contributed by atoms with van der Waals surface area (Å²) in [5.41, 5.74) is 1.46. The van der Waals surface area contributed by atoms with Crippen LogP contribution in [0, 0.1) is 0 Å². The lowest BCUT2D eigenvalue weighted by molar-refractivity contribution is 0.0590. The fourth-order valence-corrected chi connectivity index (χ4v) is 3.15. The first kappa shape index (κ1) is 14.5.